The molecular formula is C19H22N2O2. The summed E-state index contributed by atoms with van der Waals surface area (Å²) in [5.74, 6) is 0.842. The molecule has 0 bridgehead atoms. The summed E-state index contributed by atoms with van der Waals surface area (Å²) < 4.78 is 5.97. The predicted octanol–water partition coefficient (Wildman–Crippen LogP) is 3.97. The monoisotopic (exact) mass is 310 g/mol. The number of rotatable bonds is 6. The van der Waals surface area contributed by atoms with Crippen LogP contribution in [-0.2, 0) is 11.2 Å². The van der Waals surface area contributed by atoms with Crippen LogP contribution in [0.2, 0.25) is 0 Å². The van der Waals surface area contributed by atoms with E-state index in [9.17, 15) is 4.79 Å². The fourth-order valence-electron chi connectivity index (χ4n) is 2.87. The minimum absolute atomic E-state index is 0.00636. The van der Waals surface area contributed by atoms with E-state index < -0.39 is 0 Å². The van der Waals surface area contributed by atoms with Gasteiger partial charge in [-0.3, -0.25) is 9.78 Å². The molecule has 23 heavy (non-hydrogen) atoms. The molecule has 1 fully saturated rings. The van der Waals surface area contributed by atoms with E-state index in [4.69, 9.17) is 4.74 Å². The first-order chi connectivity index (χ1) is 11.3. The van der Waals surface area contributed by atoms with Crippen LogP contribution < -0.4 is 10.1 Å². The van der Waals surface area contributed by atoms with Crippen LogP contribution in [0, 0.1) is 0 Å². The lowest BCUT2D eigenvalue weighted by Gasteiger charge is -2.14. The van der Waals surface area contributed by atoms with Gasteiger partial charge in [0.05, 0.1) is 6.10 Å². The summed E-state index contributed by atoms with van der Waals surface area (Å²) in [5, 5.41) is 2.94. The summed E-state index contributed by atoms with van der Waals surface area (Å²) in [7, 11) is 0. The second-order valence-electron chi connectivity index (χ2n) is 5.96. The molecule has 1 heterocycles. The van der Waals surface area contributed by atoms with Crippen LogP contribution in [0.15, 0.2) is 48.8 Å². The van der Waals surface area contributed by atoms with Gasteiger partial charge in [0, 0.05) is 30.6 Å². The molecule has 0 unspecified atom stereocenters. The van der Waals surface area contributed by atoms with E-state index >= 15 is 0 Å². The van der Waals surface area contributed by atoms with Gasteiger partial charge in [0.1, 0.15) is 5.75 Å². The van der Waals surface area contributed by atoms with Gasteiger partial charge >= 0.3 is 0 Å². The second kappa shape index (κ2) is 7.77. The Kier molecular flexibility index (Phi) is 5.25. The van der Waals surface area contributed by atoms with Crippen molar-refractivity contribution in [1.29, 1.82) is 0 Å². The number of amides is 1. The maximum absolute atomic E-state index is 12.1. The number of aryl methyl sites for hydroxylation is 1. The highest BCUT2D eigenvalue weighted by molar-refractivity contribution is 5.91. The molecule has 0 radical (unpaired) electrons. The molecule has 0 saturated heterocycles. The van der Waals surface area contributed by atoms with Crippen LogP contribution in [0.25, 0.3) is 0 Å². The molecular weight excluding hydrogens is 288 g/mol. The minimum atomic E-state index is 0.00636. The zero-order valence-corrected chi connectivity index (χ0v) is 13.2. The van der Waals surface area contributed by atoms with E-state index in [1.807, 2.05) is 36.4 Å². The highest BCUT2D eigenvalue weighted by atomic mass is 16.5. The third-order valence-corrected chi connectivity index (χ3v) is 4.09. The molecule has 1 aromatic heterocycles. The van der Waals surface area contributed by atoms with Crippen LogP contribution in [0.4, 0.5) is 5.69 Å². The molecule has 1 saturated carbocycles. The van der Waals surface area contributed by atoms with Crippen LogP contribution in [-0.4, -0.2) is 17.0 Å². The number of hydrogen-bond donors (Lipinski definition) is 1. The molecule has 3 rings (SSSR count). The molecule has 1 aliphatic carbocycles. The van der Waals surface area contributed by atoms with Crippen LogP contribution in [0.3, 0.4) is 0 Å². The second-order valence-corrected chi connectivity index (χ2v) is 5.96. The van der Waals surface area contributed by atoms with Crippen LogP contribution in [0.1, 0.15) is 37.7 Å². The van der Waals surface area contributed by atoms with Crippen molar-refractivity contribution in [3.05, 3.63) is 54.4 Å². The van der Waals surface area contributed by atoms with Crippen molar-refractivity contribution in [2.24, 2.45) is 0 Å². The van der Waals surface area contributed by atoms with Crippen molar-refractivity contribution >= 4 is 11.6 Å². The molecule has 4 heteroatoms. The number of hydrogen-bond acceptors (Lipinski definition) is 3. The zero-order chi connectivity index (χ0) is 15.9. The number of benzene rings is 1. The Morgan fingerprint density at radius 2 is 2.09 bits per heavy atom. The minimum Gasteiger partial charge on any atom is -0.490 e. The van der Waals surface area contributed by atoms with Crippen LogP contribution >= 0.6 is 0 Å². The lowest BCUT2D eigenvalue weighted by Crippen LogP contribution is -2.13. The van der Waals surface area contributed by atoms with Gasteiger partial charge in [0.25, 0.3) is 0 Å². The van der Waals surface area contributed by atoms with Gasteiger partial charge < -0.3 is 10.1 Å². The van der Waals surface area contributed by atoms with Gasteiger partial charge in [-0.1, -0.05) is 12.1 Å². The summed E-state index contributed by atoms with van der Waals surface area (Å²) in [6, 6.07) is 11.5. The fourth-order valence-corrected chi connectivity index (χ4v) is 2.87. The third kappa shape index (κ3) is 4.81. The maximum atomic E-state index is 12.1. The quantitative estimate of drug-likeness (QED) is 0.878. The van der Waals surface area contributed by atoms with Crippen molar-refractivity contribution in [2.75, 3.05) is 5.32 Å². The number of anilines is 1. The van der Waals surface area contributed by atoms with E-state index in [-0.39, 0.29) is 5.91 Å². The van der Waals surface area contributed by atoms with Crippen molar-refractivity contribution in [1.82, 2.24) is 4.98 Å². The average Bonchev–Trinajstić information content (AvgIpc) is 3.07. The number of nitrogens with one attached hydrogen (secondary N) is 1. The van der Waals surface area contributed by atoms with E-state index in [0.29, 0.717) is 18.9 Å². The van der Waals surface area contributed by atoms with Crippen molar-refractivity contribution in [2.45, 2.75) is 44.6 Å². The molecule has 2 aromatic rings. The normalized spacial score (nSPS) is 14.6. The maximum Gasteiger partial charge on any atom is 0.224 e. The fraction of sp³-hybridized carbons (Fsp3) is 0.368. The number of carbonyl (C=O) groups is 1. The van der Waals surface area contributed by atoms with Crippen molar-refractivity contribution in [3.8, 4) is 5.75 Å². The van der Waals surface area contributed by atoms with Crippen molar-refractivity contribution < 1.29 is 9.53 Å². The highest BCUT2D eigenvalue weighted by Crippen LogP contribution is 2.25. The van der Waals surface area contributed by atoms with Gasteiger partial charge in [0.15, 0.2) is 0 Å². The number of ether oxygens (including phenoxy) is 1. The Balaban J connectivity index is 1.51. The SMILES string of the molecule is O=C(CCc1cccnc1)Nc1cccc(OC2CCCC2)c1. The van der Waals surface area contributed by atoms with Gasteiger partial charge in [-0.05, 0) is 55.9 Å². The number of nitrogens with zero attached hydrogens (tertiary/aromatic N) is 1. The highest BCUT2D eigenvalue weighted by Gasteiger charge is 2.16. The molecule has 4 nitrogen and oxygen atoms in total. The molecule has 1 N–H and O–H groups in total. The Labute approximate surface area is 136 Å². The molecule has 1 aliphatic rings. The summed E-state index contributed by atoms with van der Waals surface area (Å²) >= 11 is 0. The average molecular weight is 310 g/mol. The lowest BCUT2D eigenvalue weighted by molar-refractivity contribution is -0.116. The van der Waals surface area contributed by atoms with Gasteiger partial charge in [-0.25, -0.2) is 0 Å². The summed E-state index contributed by atoms with van der Waals surface area (Å²) in [4.78, 5) is 16.1. The van der Waals surface area contributed by atoms with Crippen molar-refractivity contribution in [3.63, 3.8) is 0 Å². The molecule has 1 aromatic carbocycles. The lowest BCUT2D eigenvalue weighted by atomic mass is 10.1. The zero-order valence-electron chi connectivity index (χ0n) is 13.2. The first kappa shape index (κ1) is 15.5. The largest absolute Gasteiger partial charge is 0.490 e. The standard InChI is InChI=1S/C19H22N2O2/c22-19(11-10-15-5-4-12-20-14-15)21-16-6-3-9-18(13-16)23-17-7-1-2-8-17/h3-6,9,12-14,17H,1-2,7-8,10-11H2,(H,21,22). The molecule has 1 amide bonds. The molecule has 120 valence electrons. The van der Waals surface area contributed by atoms with Crippen LogP contribution in [0.5, 0.6) is 5.75 Å². The number of aromatic nitrogens is 1. The molecule has 0 spiro atoms. The predicted molar refractivity (Wildman–Crippen MR) is 90.5 cm³/mol. The third-order valence-electron chi connectivity index (χ3n) is 4.09. The van der Waals surface area contributed by atoms with Gasteiger partial charge in [-0.2, -0.15) is 0 Å². The molecule has 0 atom stereocenters. The van der Waals surface area contributed by atoms with Gasteiger partial charge in [-0.15, -0.1) is 0 Å². The topological polar surface area (TPSA) is 51.2 Å². The van der Waals surface area contributed by atoms with E-state index in [0.717, 1.165) is 29.8 Å². The van der Waals surface area contributed by atoms with E-state index in [1.165, 1.54) is 12.8 Å². The number of pyridine rings is 1. The Hall–Kier alpha value is -2.36. The van der Waals surface area contributed by atoms with Gasteiger partial charge in [0.2, 0.25) is 5.91 Å². The Bertz CT molecular complexity index is 637. The Morgan fingerprint density at radius 1 is 1.22 bits per heavy atom. The summed E-state index contributed by atoms with van der Waals surface area (Å²) in [5.41, 5.74) is 1.86. The summed E-state index contributed by atoms with van der Waals surface area (Å²) in [6.07, 6.45) is 9.74. The smallest absolute Gasteiger partial charge is 0.224 e. The summed E-state index contributed by atoms with van der Waals surface area (Å²) in [6.45, 7) is 0. The first-order valence-electron chi connectivity index (χ1n) is 8.25. The first-order valence-corrected chi connectivity index (χ1v) is 8.25. The van der Waals surface area contributed by atoms with E-state index in [1.54, 1.807) is 12.4 Å². The Morgan fingerprint density at radius 3 is 2.87 bits per heavy atom. The number of carbonyl (C=O) groups excluding carboxylic acids is 1. The molecule has 0 aliphatic heterocycles. The van der Waals surface area contributed by atoms with E-state index in [2.05, 4.69) is 10.3 Å².